The number of ether oxygens (including phenoxy) is 2. The van der Waals surface area contributed by atoms with Gasteiger partial charge in [0.15, 0.2) is 5.96 Å². The summed E-state index contributed by atoms with van der Waals surface area (Å²) < 4.78 is 10.6. The number of nitrogens with one attached hydrogen (secondary N) is 2. The van der Waals surface area contributed by atoms with Crippen LogP contribution in [0.2, 0.25) is 0 Å². The number of aryl methyl sites for hydroxylation is 1. The van der Waals surface area contributed by atoms with Crippen molar-refractivity contribution in [2.45, 2.75) is 26.3 Å². The molecule has 0 bridgehead atoms. The van der Waals surface area contributed by atoms with Crippen molar-refractivity contribution in [1.29, 1.82) is 0 Å². The molecule has 1 aliphatic heterocycles. The second kappa shape index (κ2) is 14.1. The Labute approximate surface area is 181 Å². The molecule has 27 heavy (non-hydrogen) atoms. The van der Waals surface area contributed by atoms with Crippen LogP contribution >= 0.6 is 24.0 Å². The molecular weight excluding hydrogens is 455 g/mol. The van der Waals surface area contributed by atoms with Gasteiger partial charge in [-0.2, -0.15) is 0 Å². The monoisotopic (exact) mass is 490 g/mol. The molecule has 0 aromatic heterocycles. The number of hydrogen-bond acceptors (Lipinski definition) is 4. The summed E-state index contributed by atoms with van der Waals surface area (Å²) in [4.78, 5) is 7.33. The molecule has 154 valence electrons. The third-order valence-electron chi connectivity index (χ3n) is 4.53. The number of rotatable bonds is 9. The van der Waals surface area contributed by atoms with Crippen molar-refractivity contribution in [3.05, 3.63) is 35.4 Å². The van der Waals surface area contributed by atoms with E-state index < -0.39 is 0 Å². The fourth-order valence-corrected chi connectivity index (χ4v) is 3.05. The molecule has 0 amide bonds. The van der Waals surface area contributed by atoms with Crippen molar-refractivity contribution in [2.24, 2.45) is 4.99 Å². The minimum atomic E-state index is 0. The number of aliphatic imine (C=N–C) groups is 1. The van der Waals surface area contributed by atoms with Gasteiger partial charge in [-0.1, -0.05) is 29.8 Å². The van der Waals surface area contributed by atoms with Gasteiger partial charge in [-0.25, -0.2) is 0 Å². The zero-order valence-electron chi connectivity index (χ0n) is 16.9. The summed E-state index contributed by atoms with van der Waals surface area (Å²) in [7, 11) is 1.73. The third-order valence-corrected chi connectivity index (χ3v) is 4.53. The number of methoxy groups -OCH3 is 1. The van der Waals surface area contributed by atoms with Gasteiger partial charge in [0.05, 0.1) is 25.8 Å². The first-order valence-electron chi connectivity index (χ1n) is 9.64. The average molecular weight is 490 g/mol. The molecule has 1 aromatic rings. The van der Waals surface area contributed by atoms with E-state index in [9.17, 15) is 0 Å². The maximum atomic E-state index is 5.53. The number of guanidine groups is 1. The summed E-state index contributed by atoms with van der Waals surface area (Å²) in [6.45, 7) is 10.9. The van der Waals surface area contributed by atoms with Crippen LogP contribution in [0.15, 0.2) is 29.3 Å². The minimum Gasteiger partial charge on any atom is -0.385 e. The Morgan fingerprint density at radius 3 is 2.56 bits per heavy atom. The molecule has 6 nitrogen and oxygen atoms in total. The van der Waals surface area contributed by atoms with Gasteiger partial charge in [0.2, 0.25) is 0 Å². The SMILES string of the molecule is CCNC(=NCC(c1ccc(C)cc1)N1CCOCC1)NCCCOC.I. The summed E-state index contributed by atoms with van der Waals surface area (Å²) in [5, 5.41) is 6.72. The molecule has 1 heterocycles. The van der Waals surface area contributed by atoms with E-state index in [1.807, 2.05) is 0 Å². The van der Waals surface area contributed by atoms with Crippen LogP contribution in [-0.4, -0.2) is 70.5 Å². The number of halogens is 1. The highest BCUT2D eigenvalue weighted by Crippen LogP contribution is 2.22. The van der Waals surface area contributed by atoms with E-state index in [-0.39, 0.29) is 30.0 Å². The lowest BCUT2D eigenvalue weighted by Gasteiger charge is -2.34. The van der Waals surface area contributed by atoms with Crippen LogP contribution in [0.25, 0.3) is 0 Å². The van der Waals surface area contributed by atoms with Crippen LogP contribution in [-0.2, 0) is 9.47 Å². The van der Waals surface area contributed by atoms with Crippen molar-refractivity contribution >= 4 is 29.9 Å². The van der Waals surface area contributed by atoms with E-state index in [1.165, 1.54) is 11.1 Å². The number of hydrogen-bond donors (Lipinski definition) is 2. The Morgan fingerprint density at radius 1 is 1.22 bits per heavy atom. The minimum absolute atomic E-state index is 0. The van der Waals surface area contributed by atoms with Gasteiger partial charge >= 0.3 is 0 Å². The van der Waals surface area contributed by atoms with Crippen LogP contribution in [0.1, 0.15) is 30.5 Å². The van der Waals surface area contributed by atoms with E-state index in [4.69, 9.17) is 14.5 Å². The zero-order valence-corrected chi connectivity index (χ0v) is 19.2. The fourth-order valence-electron chi connectivity index (χ4n) is 3.05. The van der Waals surface area contributed by atoms with Crippen molar-refractivity contribution < 1.29 is 9.47 Å². The molecule has 0 radical (unpaired) electrons. The number of nitrogens with zero attached hydrogens (tertiary/aromatic N) is 2. The zero-order chi connectivity index (χ0) is 18.6. The van der Waals surface area contributed by atoms with Crippen LogP contribution < -0.4 is 10.6 Å². The lowest BCUT2D eigenvalue weighted by atomic mass is 10.0. The summed E-state index contributed by atoms with van der Waals surface area (Å²) in [6.07, 6.45) is 0.964. The predicted molar refractivity (Wildman–Crippen MR) is 122 cm³/mol. The quantitative estimate of drug-likeness (QED) is 0.241. The van der Waals surface area contributed by atoms with Crippen molar-refractivity contribution in [3.8, 4) is 0 Å². The van der Waals surface area contributed by atoms with Gasteiger partial charge < -0.3 is 20.1 Å². The standard InChI is InChI=1S/C20H34N4O2.HI/c1-4-21-20(22-10-5-13-25-3)23-16-19(24-11-14-26-15-12-24)18-8-6-17(2)7-9-18;/h6-9,19H,4-5,10-16H2,1-3H3,(H2,21,22,23);1H. The first-order chi connectivity index (χ1) is 12.7. The maximum Gasteiger partial charge on any atom is 0.191 e. The van der Waals surface area contributed by atoms with Gasteiger partial charge in [0.25, 0.3) is 0 Å². The van der Waals surface area contributed by atoms with E-state index >= 15 is 0 Å². The number of morpholine rings is 1. The van der Waals surface area contributed by atoms with Gasteiger partial charge in [0, 0.05) is 39.9 Å². The highest BCUT2D eigenvalue weighted by Gasteiger charge is 2.22. The molecule has 1 fully saturated rings. The summed E-state index contributed by atoms with van der Waals surface area (Å²) in [6, 6.07) is 9.09. The van der Waals surface area contributed by atoms with E-state index in [1.54, 1.807) is 7.11 Å². The Kier molecular flexibility index (Phi) is 12.6. The van der Waals surface area contributed by atoms with Gasteiger partial charge in [-0.05, 0) is 25.8 Å². The summed E-state index contributed by atoms with van der Waals surface area (Å²) in [5.74, 6) is 0.869. The second-order valence-electron chi connectivity index (χ2n) is 6.57. The molecule has 1 saturated heterocycles. The van der Waals surface area contributed by atoms with Gasteiger partial charge in [0.1, 0.15) is 0 Å². The Hall–Kier alpha value is -0.900. The van der Waals surface area contributed by atoms with E-state index in [2.05, 4.69) is 53.6 Å². The average Bonchev–Trinajstić information content (AvgIpc) is 2.67. The predicted octanol–water partition coefficient (Wildman–Crippen LogP) is 2.58. The summed E-state index contributed by atoms with van der Waals surface area (Å²) in [5.41, 5.74) is 2.60. The Balaban J connectivity index is 0.00000364. The molecule has 7 heteroatoms. The Bertz CT molecular complexity index is 533. The highest BCUT2D eigenvalue weighted by molar-refractivity contribution is 14.0. The molecule has 1 aliphatic rings. The lowest BCUT2D eigenvalue weighted by molar-refractivity contribution is 0.0179. The molecule has 2 N–H and O–H groups in total. The number of benzene rings is 1. The fraction of sp³-hybridized carbons (Fsp3) is 0.650. The molecule has 2 rings (SSSR count). The van der Waals surface area contributed by atoms with Crippen molar-refractivity contribution in [2.75, 3.05) is 59.7 Å². The van der Waals surface area contributed by atoms with Gasteiger partial charge in [-0.3, -0.25) is 9.89 Å². The van der Waals surface area contributed by atoms with Crippen LogP contribution in [0.5, 0.6) is 0 Å². The van der Waals surface area contributed by atoms with Crippen LogP contribution in [0.3, 0.4) is 0 Å². The molecule has 1 aromatic carbocycles. The smallest absolute Gasteiger partial charge is 0.191 e. The maximum absolute atomic E-state index is 5.53. The molecule has 0 saturated carbocycles. The summed E-state index contributed by atoms with van der Waals surface area (Å²) >= 11 is 0. The second-order valence-corrected chi connectivity index (χ2v) is 6.57. The van der Waals surface area contributed by atoms with Crippen LogP contribution in [0.4, 0.5) is 0 Å². The normalized spacial score (nSPS) is 16.5. The lowest BCUT2D eigenvalue weighted by Crippen LogP contribution is -2.42. The molecule has 0 spiro atoms. The highest BCUT2D eigenvalue weighted by atomic mass is 127. The van der Waals surface area contributed by atoms with Crippen molar-refractivity contribution in [1.82, 2.24) is 15.5 Å². The molecular formula is C20H35IN4O2. The molecule has 1 atom stereocenters. The topological polar surface area (TPSA) is 58.1 Å². The first-order valence-corrected chi connectivity index (χ1v) is 9.64. The first kappa shape index (κ1) is 24.1. The molecule has 0 aliphatic carbocycles. The van der Waals surface area contributed by atoms with Crippen LogP contribution in [0, 0.1) is 6.92 Å². The third kappa shape index (κ3) is 8.76. The van der Waals surface area contributed by atoms with Gasteiger partial charge in [-0.15, -0.1) is 24.0 Å². The largest absolute Gasteiger partial charge is 0.385 e. The molecule has 1 unspecified atom stereocenters. The van der Waals surface area contributed by atoms with Crippen molar-refractivity contribution in [3.63, 3.8) is 0 Å². The van der Waals surface area contributed by atoms with E-state index in [0.29, 0.717) is 0 Å². The van der Waals surface area contributed by atoms with E-state index in [0.717, 1.165) is 64.9 Å². The Morgan fingerprint density at radius 2 is 1.93 bits per heavy atom.